The van der Waals surface area contributed by atoms with Gasteiger partial charge in [0.1, 0.15) is 5.75 Å². The summed E-state index contributed by atoms with van der Waals surface area (Å²) in [5, 5.41) is 3.25. The molecule has 19 heavy (non-hydrogen) atoms. The quantitative estimate of drug-likeness (QED) is 0.617. The van der Waals surface area contributed by atoms with Gasteiger partial charge in [-0.1, -0.05) is 51.2 Å². The van der Waals surface area contributed by atoms with Crippen LogP contribution in [0.5, 0.6) is 5.75 Å². The first-order chi connectivity index (χ1) is 9.27. The fraction of sp³-hybridized carbons (Fsp3) is 0.647. The highest BCUT2D eigenvalue weighted by Crippen LogP contribution is 2.19. The SMILES string of the molecule is CCCCCCCCOc1cccc(C(C)NC)c1. The summed E-state index contributed by atoms with van der Waals surface area (Å²) < 4.78 is 5.82. The van der Waals surface area contributed by atoms with Crippen molar-refractivity contribution < 1.29 is 4.74 Å². The summed E-state index contributed by atoms with van der Waals surface area (Å²) in [5.74, 6) is 0.994. The van der Waals surface area contributed by atoms with Crippen molar-refractivity contribution in [1.29, 1.82) is 0 Å². The van der Waals surface area contributed by atoms with E-state index in [1.807, 2.05) is 13.1 Å². The first-order valence-corrected chi connectivity index (χ1v) is 7.68. The number of unbranched alkanes of at least 4 members (excludes halogenated alkanes) is 5. The molecule has 0 amide bonds. The number of hydrogen-bond donors (Lipinski definition) is 1. The lowest BCUT2D eigenvalue weighted by Crippen LogP contribution is -2.12. The molecule has 0 spiro atoms. The maximum atomic E-state index is 5.82. The van der Waals surface area contributed by atoms with E-state index in [-0.39, 0.29) is 0 Å². The summed E-state index contributed by atoms with van der Waals surface area (Å²) in [4.78, 5) is 0. The average Bonchev–Trinajstić information content (AvgIpc) is 2.46. The minimum absolute atomic E-state index is 0.373. The van der Waals surface area contributed by atoms with E-state index in [1.54, 1.807) is 0 Å². The van der Waals surface area contributed by atoms with Gasteiger partial charge < -0.3 is 10.1 Å². The van der Waals surface area contributed by atoms with Crippen molar-refractivity contribution in [2.75, 3.05) is 13.7 Å². The molecule has 0 heterocycles. The molecule has 1 rings (SSSR count). The van der Waals surface area contributed by atoms with Gasteiger partial charge >= 0.3 is 0 Å². The fourth-order valence-corrected chi connectivity index (χ4v) is 2.11. The monoisotopic (exact) mass is 263 g/mol. The average molecular weight is 263 g/mol. The predicted molar refractivity (Wildman–Crippen MR) is 82.8 cm³/mol. The third kappa shape index (κ3) is 6.63. The molecule has 1 unspecified atom stereocenters. The normalized spacial score (nSPS) is 12.4. The molecule has 0 aliphatic carbocycles. The molecule has 108 valence electrons. The van der Waals surface area contributed by atoms with E-state index in [0.717, 1.165) is 18.8 Å². The van der Waals surface area contributed by atoms with Crippen LogP contribution >= 0.6 is 0 Å². The molecule has 1 N–H and O–H groups in total. The van der Waals surface area contributed by atoms with Gasteiger partial charge in [-0.25, -0.2) is 0 Å². The van der Waals surface area contributed by atoms with Crippen molar-refractivity contribution >= 4 is 0 Å². The Labute approximate surface area is 118 Å². The second kappa shape index (κ2) is 9.85. The van der Waals surface area contributed by atoms with E-state index < -0.39 is 0 Å². The molecule has 0 aliphatic rings. The van der Waals surface area contributed by atoms with Gasteiger partial charge in [0.2, 0.25) is 0 Å². The second-order valence-electron chi connectivity index (χ2n) is 5.20. The Morgan fingerprint density at radius 3 is 2.58 bits per heavy atom. The first-order valence-electron chi connectivity index (χ1n) is 7.68. The zero-order valence-corrected chi connectivity index (χ0v) is 12.7. The van der Waals surface area contributed by atoms with Crippen LogP contribution in [0.3, 0.4) is 0 Å². The van der Waals surface area contributed by atoms with Crippen LogP contribution in [-0.2, 0) is 0 Å². The van der Waals surface area contributed by atoms with Crippen molar-refractivity contribution in [2.45, 2.75) is 58.4 Å². The molecular weight excluding hydrogens is 234 g/mol. The summed E-state index contributed by atoms with van der Waals surface area (Å²) in [6, 6.07) is 8.76. The molecule has 0 aromatic heterocycles. The van der Waals surface area contributed by atoms with Crippen LogP contribution < -0.4 is 10.1 Å². The van der Waals surface area contributed by atoms with Crippen LogP contribution in [0.15, 0.2) is 24.3 Å². The molecule has 0 bridgehead atoms. The van der Waals surface area contributed by atoms with Crippen LogP contribution in [0.4, 0.5) is 0 Å². The first kappa shape index (κ1) is 16.0. The van der Waals surface area contributed by atoms with E-state index in [4.69, 9.17) is 4.74 Å². The third-order valence-electron chi connectivity index (χ3n) is 3.56. The van der Waals surface area contributed by atoms with Crippen LogP contribution in [0.1, 0.15) is 64.0 Å². The number of rotatable bonds is 10. The van der Waals surface area contributed by atoms with Crippen LogP contribution in [0.25, 0.3) is 0 Å². The topological polar surface area (TPSA) is 21.3 Å². The lowest BCUT2D eigenvalue weighted by atomic mass is 10.1. The van der Waals surface area contributed by atoms with Gasteiger partial charge in [0.25, 0.3) is 0 Å². The summed E-state index contributed by atoms with van der Waals surface area (Å²) >= 11 is 0. The van der Waals surface area contributed by atoms with Crippen LogP contribution in [-0.4, -0.2) is 13.7 Å². The van der Waals surface area contributed by atoms with Gasteiger partial charge in [0.15, 0.2) is 0 Å². The third-order valence-corrected chi connectivity index (χ3v) is 3.56. The smallest absolute Gasteiger partial charge is 0.119 e. The second-order valence-corrected chi connectivity index (χ2v) is 5.20. The standard InChI is InChI=1S/C17H29NO/c1-4-5-6-7-8-9-13-19-17-12-10-11-16(14-17)15(2)18-3/h10-12,14-15,18H,4-9,13H2,1-3H3. The predicted octanol–water partition coefficient (Wildman–Crippen LogP) is 4.71. The molecular formula is C17H29NO. The van der Waals surface area contributed by atoms with Gasteiger partial charge in [-0.15, -0.1) is 0 Å². The number of nitrogens with one attached hydrogen (secondary N) is 1. The van der Waals surface area contributed by atoms with E-state index >= 15 is 0 Å². The molecule has 1 aromatic carbocycles. The minimum Gasteiger partial charge on any atom is -0.494 e. The number of ether oxygens (including phenoxy) is 1. The van der Waals surface area contributed by atoms with E-state index in [9.17, 15) is 0 Å². The fourth-order valence-electron chi connectivity index (χ4n) is 2.11. The summed E-state index contributed by atoms with van der Waals surface area (Å²) in [5.41, 5.74) is 1.28. The Bertz CT molecular complexity index is 338. The maximum Gasteiger partial charge on any atom is 0.119 e. The van der Waals surface area contributed by atoms with Crippen LogP contribution in [0, 0.1) is 0 Å². The maximum absolute atomic E-state index is 5.82. The molecule has 2 nitrogen and oxygen atoms in total. The van der Waals surface area contributed by atoms with Crippen molar-refractivity contribution in [3.63, 3.8) is 0 Å². The zero-order valence-electron chi connectivity index (χ0n) is 12.7. The number of benzene rings is 1. The highest BCUT2D eigenvalue weighted by Gasteiger charge is 2.03. The lowest BCUT2D eigenvalue weighted by molar-refractivity contribution is 0.304. The largest absolute Gasteiger partial charge is 0.494 e. The molecule has 0 fully saturated rings. The highest BCUT2D eigenvalue weighted by molar-refractivity contribution is 5.30. The molecule has 0 saturated heterocycles. The van der Waals surface area contributed by atoms with Gasteiger partial charge in [0, 0.05) is 6.04 Å². The van der Waals surface area contributed by atoms with Gasteiger partial charge in [-0.3, -0.25) is 0 Å². The molecule has 0 saturated carbocycles. The molecule has 1 atom stereocenters. The molecule has 0 radical (unpaired) electrons. The van der Waals surface area contributed by atoms with Crippen LogP contribution in [0.2, 0.25) is 0 Å². The van der Waals surface area contributed by atoms with Crippen molar-refractivity contribution in [3.8, 4) is 5.75 Å². The van der Waals surface area contributed by atoms with E-state index in [0.29, 0.717) is 6.04 Å². The van der Waals surface area contributed by atoms with Crippen molar-refractivity contribution in [3.05, 3.63) is 29.8 Å². The van der Waals surface area contributed by atoms with Gasteiger partial charge in [-0.05, 0) is 38.1 Å². The van der Waals surface area contributed by atoms with Crippen molar-refractivity contribution in [1.82, 2.24) is 5.32 Å². The number of hydrogen-bond acceptors (Lipinski definition) is 2. The molecule has 0 aliphatic heterocycles. The Morgan fingerprint density at radius 1 is 1.11 bits per heavy atom. The summed E-state index contributed by atoms with van der Waals surface area (Å²) in [6.07, 6.45) is 7.83. The van der Waals surface area contributed by atoms with Gasteiger partial charge in [-0.2, -0.15) is 0 Å². The molecule has 2 heteroatoms. The summed E-state index contributed by atoms with van der Waals surface area (Å²) in [7, 11) is 1.98. The Morgan fingerprint density at radius 2 is 1.84 bits per heavy atom. The zero-order chi connectivity index (χ0) is 13.9. The van der Waals surface area contributed by atoms with Crippen molar-refractivity contribution in [2.24, 2.45) is 0 Å². The lowest BCUT2D eigenvalue weighted by Gasteiger charge is -2.12. The van der Waals surface area contributed by atoms with E-state index in [1.165, 1.54) is 37.7 Å². The molecule has 1 aromatic rings. The Kier molecular flexibility index (Phi) is 8.31. The summed E-state index contributed by atoms with van der Waals surface area (Å²) in [6.45, 7) is 5.25. The Balaban J connectivity index is 2.22. The highest BCUT2D eigenvalue weighted by atomic mass is 16.5. The van der Waals surface area contributed by atoms with E-state index in [2.05, 4.69) is 37.4 Å². The Hall–Kier alpha value is -1.02. The minimum atomic E-state index is 0.373. The van der Waals surface area contributed by atoms with Gasteiger partial charge in [0.05, 0.1) is 6.61 Å².